The van der Waals surface area contributed by atoms with Gasteiger partial charge in [-0.3, -0.25) is 0 Å². The molecular weight excluding hydrogens is 578 g/mol. The van der Waals surface area contributed by atoms with Gasteiger partial charge in [0.15, 0.2) is 0 Å². The van der Waals surface area contributed by atoms with E-state index in [1.807, 2.05) is 0 Å². The van der Waals surface area contributed by atoms with Gasteiger partial charge >= 0.3 is 22.4 Å². The summed E-state index contributed by atoms with van der Waals surface area (Å²) < 4.78 is 204. The molecule has 2 nitrogen and oxygen atoms in total. The second kappa shape index (κ2) is 8.39. The molecule has 0 N–H and O–H groups in total. The molecule has 0 saturated heterocycles. The van der Waals surface area contributed by atoms with Crippen molar-refractivity contribution in [1.82, 2.24) is 0 Å². The van der Waals surface area contributed by atoms with Gasteiger partial charge in [-0.25, -0.2) is 34.8 Å². The molecule has 18 heteroatoms. The van der Waals surface area contributed by atoms with E-state index in [-0.39, 0.29) is 12.1 Å². The zero-order valence-corrected chi connectivity index (χ0v) is 18.0. The van der Waals surface area contributed by atoms with Crippen LogP contribution in [-0.4, -0.2) is 18.9 Å². The highest BCUT2D eigenvalue weighted by Gasteiger charge is 2.74. The van der Waals surface area contributed by atoms with Crippen LogP contribution in [0.2, 0.25) is 0 Å². The lowest BCUT2D eigenvalue weighted by atomic mass is 10.1. The third-order valence-electron chi connectivity index (χ3n) is 4.97. The highest BCUT2D eigenvalue weighted by molar-refractivity contribution is 8.00. The fourth-order valence-corrected chi connectivity index (χ4v) is 6.02. The molecule has 2 aliphatic heterocycles. The summed E-state index contributed by atoms with van der Waals surface area (Å²) in [5, 5.41) is -10.1. The first-order chi connectivity index (χ1) is 16.1. The Balaban J connectivity index is 0.000000202. The smallest absolute Gasteiger partial charge is 0.217 e. The molecular formula is C18H6F14O2S2. The van der Waals surface area contributed by atoms with Crippen molar-refractivity contribution in [3.8, 4) is 0 Å². The summed E-state index contributed by atoms with van der Waals surface area (Å²) in [5.41, 5.74) is -6.45. The summed E-state index contributed by atoms with van der Waals surface area (Å²) in [7, 11) is -6.09. The van der Waals surface area contributed by atoms with E-state index in [4.69, 9.17) is 0 Å². The average molecular weight is 584 g/mol. The Hall–Kier alpha value is -2.24. The van der Waals surface area contributed by atoms with E-state index in [0.717, 1.165) is 0 Å². The van der Waals surface area contributed by atoms with Crippen LogP contribution in [0.25, 0.3) is 0 Å². The SMILES string of the molecule is Fc1ccc2c(c1C(F)F)SC(F)(F)C2(F)F.O=S1(=O)c2c(ccc(F)c2C(F)F)C(F)(F)C1(F)F. The summed E-state index contributed by atoms with van der Waals surface area (Å²) >= 11 is -0.734. The summed E-state index contributed by atoms with van der Waals surface area (Å²) in [4.78, 5) is -3.10. The van der Waals surface area contributed by atoms with Crippen LogP contribution in [0.15, 0.2) is 34.1 Å². The molecule has 36 heavy (non-hydrogen) atoms. The lowest BCUT2D eigenvalue weighted by molar-refractivity contribution is -0.158. The van der Waals surface area contributed by atoms with Crippen molar-refractivity contribution in [3.63, 3.8) is 0 Å². The molecule has 2 heterocycles. The van der Waals surface area contributed by atoms with Crippen molar-refractivity contribution in [1.29, 1.82) is 0 Å². The minimum atomic E-state index is -6.09. The number of rotatable bonds is 2. The second-order valence-electron chi connectivity index (χ2n) is 7.06. The van der Waals surface area contributed by atoms with Gasteiger partial charge in [-0.05, 0) is 36.0 Å². The van der Waals surface area contributed by atoms with Gasteiger partial charge in [-0.15, -0.1) is 0 Å². The molecule has 0 aliphatic carbocycles. The number of sulfone groups is 1. The molecule has 0 spiro atoms. The number of thioether (sulfide) groups is 1. The third kappa shape index (κ3) is 3.73. The lowest BCUT2D eigenvalue weighted by Gasteiger charge is -2.17. The van der Waals surface area contributed by atoms with Crippen LogP contribution < -0.4 is 0 Å². The highest BCUT2D eigenvalue weighted by atomic mass is 32.2. The molecule has 0 fully saturated rings. The summed E-state index contributed by atoms with van der Waals surface area (Å²) in [5.74, 6) is -13.1. The van der Waals surface area contributed by atoms with Gasteiger partial charge in [0, 0.05) is 16.0 Å². The number of hydrogen-bond acceptors (Lipinski definition) is 3. The standard InChI is InChI=1S/C9H3F7O2S.C9H3F7S/c10-4-2-1-3-6(5(4)7(11)12)19(17,18)9(15,16)8(3,13)14;10-4-2-1-3-6(5(4)7(11)12)17-9(15,16)8(3,13)14/h1-2,7H;1-2,7H. The number of benzene rings is 2. The fraction of sp³-hybridized carbons (Fsp3) is 0.333. The highest BCUT2D eigenvalue weighted by Crippen LogP contribution is 2.62. The number of fused-ring (bicyclic) bond motifs is 2. The van der Waals surface area contributed by atoms with Gasteiger partial charge in [0.1, 0.15) is 11.6 Å². The Morgan fingerprint density at radius 1 is 0.667 bits per heavy atom. The summed E-state index contributed by atoms with van der Waals surface area (Å²) in [6, 6.07) is 0.917. The van der Waals surface area contributed by atoms with Gasteiger partial charge < -0.3 is 0 Å². The first-order valence-corrected chi connectivity index (χ1v) is 11.1. The van der Waals surface area contributed by atoms with Crippen LogP contribution in [0.1, 0.15) is 35.1 Å². The third-order valence-corrected chi connectivity index (χ3v) is 8.03. The Labute approximate surface area is 195 Å². The van der Waals surface area contributed by atoms with Gasteiger partial charge in [-0.1, -0.05) is 0 Å². The topological polar surface area (TPSA) is 34.1 Å². The molecule has 0 amide bonds. The van der Waals surface area contributed by atoms with Crippen LogP contribution in [0.4, 0.5) is 61.5 Å². The van der Waals surface area contributed by atoms with Crippen molar-refractivity contribution < 1.29 is 69.9 Å². The van der Waals surface area contributed by atoms with Crippen LogP contribution in [0, 0.1) is 11.6 Å². The van der Waals surface area contributed by atoms with Crippen LogP contribution in [0.3, 0.4) is 0 Å². The van der Waals surface area contributed by atoms with Crippen LogP contribution >= 0.6 is 11.8 Å². The molecule has 200 valence electrons. The largest absolute Gasteiger partial charge is 0.415 e. The van der Waals surface area contributed by atoms with Crippen LogP contribution in [-0.2, 0) is 21.7 Å². The van der Waals surface area contributed by atoms with E-state index in [1.165, 1.54) is 0 Å². The van der Waals surface area contributed by atoms with E-state index in [9.17, 15) is 69.9 Å². The maximum absolute atomic E-state index is 13.3. The fourth-order valence-electron chi connectivity index (χ4n) is 3.25. The molecule has 0 atom stereocenters. The Bertz CT molecular complexity index is 1320. The first-order valence-electron chi connectivity index (χ1n) is 8.81. The van der Waals surface area contributed by atoms with Gasteiger partial charge in [0.2, 0.25) is 0 Å². The molecule has 2 aromatic rings. The quantitative estimate of drug-likeness (QED) is 0.338. The molecule has 4 rings (SSSR count). The van der Waals surface area contributed by atoms with Crippen molar-refractivity contribution in [2.75, 3.05) is 0 Å². The molecule has 0 bridgehead atoms. The van der Waals surface area contributed by atoms with Gasteiger partial charge in [0.25, 0.3) is 22.7 Å². The Morgan fingerprint density at radius 2 is 1.11 bits per heavy atom. The second-order valence-corrected chi connectivity index (χ2v) is 10.1. The minimum Gasteiger partial charge on any atom is -0.217 e. The number of hydrogen-bond donors (Lipinski definition) is 0. The summed E-state index contributed by atoms with van der Waals surface area (Å²) in [6.07, 6.45) is -7.25. The predicted molar refractivity (Wildman–Crippen MR) is 93.4 cm³/mol. The van der Waals surface area contributed by atoms with Gasteiger partial charge in [-0.2, -0.15) is 35.1 Å². The van der Waals surface area contributed by atoms with Crippen molar-refractivity contribution >= 4 is 21.6 Å². The lowest BCUT2D eigenvalue weighted by Crippen LogP contribution is -2.38. The van der Waals surface area contributed by atoms with E-state index < -0.39 is 100 Å². The molecule has 0 aromatic heterocycles. The molecule has 2 aliphatic rings. The van der Waals surface area contributed by atoms with Crippen LogP contribution in [0.5, 0.6) is 0 Å². The molecule has 2 aromatic carbocycles. The van der Waals surface area contributed by atoms with E-state index in [2.05, 4.69) is 0 Å². The van der Waals surface area contributed by atoms with E-state index in [1.54, 1.807) is 0 Å². The van der Waals surface area contributed by atoms with Crippen molar-refractivity contribution in [3.05, 3.63) is 58.2 Å². The first kappa shape index (κ1) is 28.3. The van der Waals surface area contributed by atoms with Crippen molar-refractivity contribution in [2.24, 2.45) is 0 Å². The van der Waals surface area contributed by atoms with Crippen molar-refractivity contribution in [2.45, 2.75) is 45.0 Å². The average Bonchev–Trinajstić information content (AvgIpc) is 2.95. The van der Waals surface area contributed by atoms with E-state index in [0.29, 0.717) is 12.1 Å². The zero-order valence-electron chi connectivity index (χ0n) is 16.4. The Kier molecular flexibility index (Phi) is 6.60. The Morgan fingerprint density at radius 3 is 1.58 bits per heavy atom. The normalized spacial score (nSPS) is 21.7. The number of halogens is 14. The minimum absolute atomic E-state index is 0.0645. The zero-order chi connectivity index (χ0) is 27.8. The molecule has 0 unspecified atom stereocenters. The molecule has 0 saturated carbocycles. The molecule has 0 radical (unpaired) electrons. The predicted octanol–water partition coefficient (Wildman–Crippen LogP) is 7.79. The van der Waals surface area contributed by atoms with Gasteiger partial charge in [0.05, 0.1) is 16.0 Å². The number of alkyl halides is 12. The summed E-state index contributed by atoms with van der Waals surface area (Å²) in [6.45, 7) is 0. The monoisotopic (exact) mass is 584 g/mol. The maximum atomic E-state index is 13.3. The maximum Gasteiger partial charge on any atom is 0.415 e. The van der Waals surface area contributed by atoms with E-state index >= 15 is 0 Å².